The molecule has 1 N–H and O–H groups in total. The third-order valence-corrected chi connectivity index (χ3v) is 3.71. The smallest absolute Gasteiger partial charge is 0.248 e. The van der Waals surface area contributed by atoms with E-state index in [1.807, 2.05) is 24.3 Å². The highest BCUT2D eigenvalue weighted by Gasteiger charge is 2.13. The first-order valence-corrected chi connectivity index (χ1v) is 8.36. The van der Waals surface area contributed by atoms with E-state index in [0.29, 0.717) is 17.2 Å². The molecule has 25 heavy (non-hydrogen) atoms. The summed E-state index contributed by atoms with van der Waals surface area (Å²) in [6.07, 6.45) is 5.41. The van der Waals surface area contributed by atoms with E-state index in [1.54, 1.807) is 24.3 Å². The maximum atomic E-state index is 12.0. The number of carbonyl (C=O) groups excluding carboxylic acids is 1. The molecule has 0 aromatic heterocycles. The Morgan fingerprint density at radius 2 is 1.96 bits per heavy atom. The summed E-state index contributed by atoms with van der Waals surface area (Å²) in [5.74, 6) is 1.97. The number of amides is 1. The highest BCUT2D eigenvalue weighted by molar-refractivity contribution is 6.02. The molecule has 0 saturated heterocycles. The lowest BCUT2D eigenvalue weighted by Crippen LogP contribution is -2.07. The molecule has 0 atom stereocenters. The number of hydrogen-bond acceptors (Lipinski definition) is 4. The van der Waals surface area contributed by atoms with Gasteiger partial charge in [-0.15, -0.1) is 0 Å². The third kappa shape index (κ3) is 4.76. The first-order valence-electron chi connectivity index (χ1n) is 8.36. The molecule has 1 aliphatic rings. The molecule has 0 radical (unpaired) electrons. The topological polar surface area (TPSA) is 56.8 Å². The molecule has 0 unspecified atom stereocenters. The van der Waals surface area contributed by atoms with Crippen molar-refractivity contribution in [3.05, 3.63) is 54.1 Å². The molecule has 1 aliphatic heterocycles. The van der Waals surface area contributed by atoms with Gasteiger partial charge in [-0.25, -0.2) is 0 Å². The zero-order chi connectivity index (χ0) is 17.5. The van der Waals surface area contributed by atoms with Crippen LogP contribution in [0.1, 0.15) is 25.3 Å². The van der Waals surface area contributed by atoms with Crippen LogP contribution >= 0.6 is 0 Å². The van der Waals surface area contributed by atoms with E-state index >= 15 is 0 Å². The van der Waals surface area contributed by atoms with Crippen molar-refractivity contribution in [3.8, 4) is 17.2 Å². The molecule has 0 spiro atoms. The van der Waals surface area contributed by atoms with Crippen LogP contribution in [0.2, 0.25) is 0 Å². The largest absolute Gasteiger partial charge is 0.494 e. The Balaban J connectivity index is 1.53. The summed E-state index contributed by atoms with van der Waals surface area (Å²) in [4.78, 5) is 12.0. The summed E-state index contributed by atoms with van der Waals surface area (Å²) in [5.41, 5.74) is 1.60. The fourth-order valence-electron chi connectivity index (χ4n) is 2.34. The summed E-state index contributed by atoms with van der Waals surface area (Å²) in [7, 11) is 0. The van der Waals surface area contributed by atoms with Gasteiger partial charge in [-0.3, -0.25) is 4.79 Å². The van der Waals surface area contributed by atoms with Gasteiger partial charge in [0.1, 0.15) is 5.75 Å². The molecule has 0 saturated carbocycles. The fraction of sp³-hybridized carbons (Fsp3) is 0.250. The number of fused-ring (bicyclic) bond motifs is 1. The number of unbranched alkanes of at least 4 members (excludes halogenated alkanes) is 1. The van der Waals surface area contributed by atoms with Gasteiger partial charge in [0.15, 0.2) is 11.5 Å². The monoisotopic (exact) mass is 339 g/mol. The summed E-state index contributed by atoms with van der Waals surface area (Å²) >= 11 is 0. The molecule has 1 amide bonds. The van der Waals surface area contributed by atoms with Gasteiger partial charge in [0, 0.05) is 17.8 Å². The van der Waals surface area contributed by atoms with Gasteiger partial charge >= 0.3 is 0 Å². The summed E-state index contributed by atoms with van der Waals surface area (Å²) in [5, 5.41) is 2.80. The maximum absolute atomic E-state index is 12.0. The zero-order valence-electron chi connectivity index (χ0n) is 14.2. The van der Waals surface area contributed by atoms with E-state index in [1.165, 1.54) is 6.08 Å². The van der Waals surface area contributed by atoms with Gasteiger partial charge in [-0.2, -0.15) is 0 Å². The maximum Gasteiger partial charge on any atom is 0.248 e. The van der Waals surface area contributed by atoms with Crippen molar-refractivity contribution in [1.29, 1.82) is 0 Å². The van der Waals surface area contributed by atoms with Crippen LogP contribution in [0.5, 0.6) is 17.2 Å². The second-order valence-corrected chi connectivity index (χ2v) is 5.66. The lowest BCUT2D eigenvalue weighted by Gasteiger charge is -2.05. The van der Waals surface area contributed by atoms with Crippen LogP contribution in [-0.4, -0.2) is 19.3 Å². The Morgan fingerprint density at radius 1 is 1.16 bits per heavy atom. The van der Waals surface area contributed by atoms with Crippen LogP contribution in [-0.2, 0) is 4.79 Å². The molecule has 0 fully saturated rings. The summed E-state index contributed by atoms with van der Waals surface area (Å²) in [6, 6.07) is 13.0. The van der Waals surface area contributed by atoms with E-state index in [9.17, 15) is 4.79 Å². The van der Waals surface area contributed by atoms with Crippen molar-refractivity contribution in [2.75, 3.05) is 18.7 Å². The van der Waals surface area contributed by atoms with E-state index in [4.69, 9.17) is 14.2 Å². The molecular formula is C20H21NO4. The predicted octanol–water partition coefficient (Wildman–Crippen LogP) is 4.25. The van der Waals surface area contributed by atoms with E-state index in [-0.39, 0.29) is 12.7 Å². The van der Waals surface area contributed by atoms with Crippen molar-refractivity contribution in [2.45, 2.75) is 19.8 Å². The van der Waals surface area contributed by atoms with Crippen LogP contribution in [0.15, 0.2) is 48.5 Å². The molecule has 5 heteroatoms. The van der Waals surface area contributed by atoms with Gasteiger partial charge in [-0.1, -0.05) is 25.5 Å². The number of carbonyl (C=O) groups is 1. The highest BCUT2D eigenvalue weighted by Crippen LogP contribution is 2.34. The standard InChI is InChI=1S/C20H21NO4/c1-2-3-12-23-17-8-4-15(5-9-17)6-11-20(22)21-16-7-10-18-19(13-16)25-14-24-18/h4-11,13H,2-3,12,14H2,1H3,(H,21,22). The van der Waals surface area contributed by atoms with Crippen molar-refractivity contribution in [2.24, 2.45) is 0 Å². The molecule has 3 rings (SSSR count). The highest BCUT2D eigenvalue weighted by atomic mass is 16.7. The van der Waals surface area contributed by atoms with Crippen molar-refractivity contribution in [3.63, 3.8) is 0 Å². The second-order valence-electron chi connectivity index (χ2n) is 5.66. The Hall–Kier alpha value is -2.95. The van der Waals surface area contributed by atoms with Crippen LogP contribution in [0.25, 0.3) is 6.08 Å². The lowest BCUT2D eigenvalue weighted by molar-refractivity contribution is -0.111. The number of rotatable bonds is 7. The summed E-state index contributed by atoms with van der Waals surface area (Å²) < 4.78 is 16.2. The molecule has 1 heterocycles. The molecule has 2 aromatic rings. The molecule has 130 valence electrons. The lowest BCUT2D eigenvalue weighted by atomic mass is 10.2. The van der Waals surface area contributed by atoms with Crippen LogP contribution in [0.4, 0.5) is 5.69 Å². The van der Waals surface area contributed by atoms with Gasteiger partial charge in [0.25, 0.3) is 0 Å². The number of ether oxygens (including phenoxy) is 3. The Bertz CT molecular complexity index is 753. The van der Waals surface area contributed by atoms with Crippen LogP contribution in [0, 0.1) is 0 Å². The Labute approximate surface area is 147 Å². The van der Waals surface area contributed by atoms with Gasteiger partial charge in [0.2, 0.25) is 12.7 Å². The van der Waals surface area contributed by atoms with Crippen molar-refractivity contribution < 1.29 is 19.0 Å². The van der Waals surface area contributed by atoms with Crippen LogP contribution in [0.3, 0.4) is 0 Å². The minimum atomic E-state index is -0.206. The molecule has 2 aromatic carbocycles. The molecular weight excluding hydrogens is 318 g/mol. The number of anilines is 1. The number of benzene rings is 2. The molecule has 5 nitrogen and oxygen atoms in total. The quantitative estimate of drug-likeness (QED) is 0.605. The minimum absolute atomic E-state index is 0.206. The average molecular weight is 339 g/mol. The summed E-state index contributed by atoms with van der Waals surface area (Å²) in [6.45, 7) is 3.07. The predicted molar refractivity (Wildman–Crippen MR) is 97.1 cm³/mol. The van der Waals surface area contributed by atoms with E-state index < -0.39 is 0 Å². The van der Waals surface area contributed by atoms with Crippen LogP contribution < -0.4 is 19.5 Å². The number of hydrogen-bond donors (Lipinski definition) is 1. The van der Waals surface area contributed by atoms with Gasteiger partial charge < -0.3 is 19.5 Å². The molecule has 0 bridgehead atoms. The fourth-order valence-corrected chi connectivity index (χ4v) is 2.34. The van der Waals surface area contributed by atoms with Gasteiger partial charge in [0.05, 0.1) is 6.61 Å². The zero-order valence-corrected chi connectivity index (χ0v) is 14.2. The first-order chi connectivity index (χ1) is 12.2. The average Bonchev–Trinajstić information content (AvgIpc) is 3.09. The normalized spacial score (nSPS) is 12.4. The van der Waals surface area contributed by atoms with E-state index in [0.717, 1.165) is 30.8 Å². The van der Waals surface area contributed by atoms with Crippen molar-refractivity contribution >= 4 is 17.7 Å². The number of nitrogens with one attached hydrogen (secondary N) is 1. The molecule has 0 aliphatic carbocycles. The third-order valence-electron chi connectivity index (χ3n) is 3.71. The Kier molecular flexibility index (Phi) is 5.57. The van der Waals surface area contributed by atoms with E-state index in [2.05, 4.69) is 12.2 Å². The first kappa shape index (κ1) is 16.9. The second kappa shape index (κ2) is 8.24. The Morgan fingerprint density at radius 3 is 2.76 bits per heavy atom. The minimum Gasteiger partial charge on any atom is -0.494 e. The van der Waals surface area contributed by atoms with Crippen molar-refractivity contribution in [1.82, 2.24) is 0 Å². The SMILES string of the molecule is CCCCOc1ccc(C=CC(=O)Nc2ccc3c(c2)OCO3)cc1. The van der Waals surface area contributed by atoms with Gasteiger partial charge in [-0.05, 0) is 42.3 Å².